The highest BCUT2D eigenvalue weighted by Crippen LogP contribution is 2.25. The van der Waals surface area contributed by atoms with Gasteiger partial charge in [0.1, 0.15) is 11.3 Å². The van der Waals surface area contributed by atoms with E-state index in [0.29, 0.717) is 23.5 Å². The van der Waals surface area contributed by atoms with Crippen molar-refractivity contribution in [1.29, 1.82) is 0 Å². The van der Waals surface area contributed by atoms with Crippen molar-refractivity contribution in [2.24, 2.45) is 10.2 Å². The van der Waals surface area contributed by atoms with Gasteiger partial charge >= 0.3 is 11.9 Å². The zero-order valence-corrected chi connectivity index (χ0v) is 13.7. The van der Waals surface area contributed by atoms with Gasteiger partial charge in [0.05, 0.1) is 23.5 Å². The fourth-order valence-corrected chi connectivity index (χ4v) is 1.93. The predicted molar refractivity (Wildman–Crippen MR) is 90.9 cm³/mol. The Morgan fingerprint density at radius 3 is 2.32 bits per heavy atom. The number of unbranched alkanes of at least 4 members (excludes halogenated alkanes) is 1. The molecule has 0 saturated heterocycles. The number of benzene rings is 2. The van der Waals surface area contributed by atoms with E-state index in [4.69, 9.17) is 9.84 Å². The molecule has 0 heterocycles. The number of hydrogen-bond donors (Lipinski definition) is 2. The van der Waals surface area contributed by atoms with Gasteiger partial charge in [-0.05, 0) is 48.9 Å². The summed E-state index contributed by atoms with van der Waals surface area (Å²) < 4.78 is 5.11. The van der Waals surface area contributed by atoms with Crippen LogP contribution in [0.1, 0.15) is 40.5 Å². The molecular weight excluding hydrogens is 324 g/mol. The summed E-state index contributed by atoms with van der Waals surface area (Å²) >= 11 is 0. The maximum Gasteiger partial charge on any atom is 0.339 e. The van der Waals surface area contributed by atoms with E-state index in [-0.39, 0.29) is 17.3 Å². The molecule has 0 saturated carbocycles. The average Bonchev–Trinajstić information content (AvgIpc) is 2.61. The number of hydrogen-bond acceptors (Lipinski definition) is 6. The molecule has 0 fully saturated rings. The minimum atomic E-state index is -1.25. The number of phenols is 1. The van der Waals surface area contributed by atoms with Gasteiger partial charge in [0.15, 0.2) is 0 Å². The molecule has 0 aromatic heterocycles. The second-order valence-corrected chi connectivity index (χ2v) is 5.24. The largest absolute Gasteiger partial charge is 0.507 e. The summed E-state index contributed by atoms with van der Waals surface area (Å²) in [5, 5.41) is 26.3. The number of ether oxygens (including phenoxy) is 1. The predicted octanol–water partition coefficient (Wildman–Crippen LogP) is 4.46. The molecule has 2 N–H and O–H groups in total. The van der Waals surface area contributed by atoms with Crippen molar-refractivity contribution in [3.8, 4) is 5.75 Å². The molecule has 25 heavy (non-hydrogen) atoms. The lowest BCUT2D eigenvalue weighted by Gasteiger charge is -2.03. The van der Waals surface area contributed by atoms with E-state index < -0.39 is 5.97 Å². The molecule has 2 aromatic rings. The Morgan fingerprint density at radius 1 is 1.04 bits per heavy atom. The number of rotatable bonds is 7. The Bertz CT molecular complexity index is 785. The Morgan fingerprint density at radius 2 is 1.68 bits per heavy atom. The van der Waals surface area contributed by atoms with Gasteiger partial charge in [0.25, 0.3) is 0 Å². The van der Waals surface area contributed by atoms with Crippen LogP contribution in [0.4, 0.5) is 11.4 Å². The maximum absolute atomic E-state index is 11.8. The maximum atomic E-state index is 11.8. The van der Waals surface area contributed by atoms with E-state index in [2.05, 4.69) is 10.2 Å². The lowest BCUT2D eigenvalue weighted by molar-refractivity contribution is 0.0499. The van der Waals surface area contributed by atoms with Gasteiger partial charge in [-0.2, -0.15) is 10.2 Å². The molecule has 0 unspecified atom stereocenters. The van der Waals surface area contributed by atoms with Crippen LogP contribution in [0.3, 0.4) is 0 Å². The average molecular weight is 342 g/mol. The van der Waals surface area contributed by atoms with E-state index in [1.165, 1.54) is 18.2 Å². The van der Waals surface area contributed by atoms with E-state index in [9.17, 15) is 14.7 Å². The monoisotopic (exact) mass is 342 g/mol. The number of aromatic carboxylic acids is 1. The number of azo groups is 1. The van der Waals surface area contributed by atoms with Crippen molar-refractivity contribution < 1.29 is 24.5 Å². The highest BCUT2D eigenvalue weighted by molar-refractivity contribution is 5.91. The summed E-state index contributed by atoms with van der Waals surface area (Å²) in [5.74, 6) is -1.97. The molecule has 0 bridgehead atoms. The van der Waals surface area contributed by atoms with E-state index in [0.717, 1.165) is 12.8 Å². The fourth-order valence-electron chi connectivity index (χ4n) is 1.93. The first-order valence-electron chi connectivity index (χ1n) is 7.76. The van der Waals surface area contributed by atoms with Gasteiger partial charge in [-0.1, -0.05) is 13.3 Å². The van der Waals surface area contributed by atoms with Gasteiger partial charge in [-0.15, -0.1) is 0 Å². The summed E-state index contributed by atoms with van der Waals surface area (Å²) in [5.41, 5.74) is 0.961. The lowest BCUT2D eigenvalue weighted by Crippen LogP contribution is -2.05. The van der Waals surface area contributed by atoms with Crippen molar-refractivity contribution in [2.75, 3.05) is 6.61 Å². The van der Waals surface area contributed by atoms with Crippen LogP contribution in [0.15, 0.2) is 52.7 Å². The standard InChI is InChI=1S/C18H18N2O5/c1-2-3-10-25-18(24)12-4-6-13(7-5-12)19-20-14-8-9-16(21)15(11-14)17(22)23/h4-9,11,21H,2-3,10H2,1H3,(H,22,23). The number of carboxylic acid groups (broad SMARTS) is 1. The summed E-state index contributed by atoms with van der Waals surface area (Å²) in [6.07, 6.45) is 1.77. The molecule has 0 spiro atoms. The lowest BCUT2D eigenvalue weighted by atomic mass is 10.2. The zero-order chi connectivity index (χ0) is 18.2. The molecular formula is C18H18N2O5. The van der Waals surface area contributed by atoms with Crippen LogP contribution in [0.2, 0.25) is 0 Å². The topological polar surface area (TPSA) is 109 Å². The molecule has 0 aliphatic rings. The first kappa shape index (κ1) is 18.1. The van der Waals surface area contributed by atoms with Crippen LogP contribution >= 0.6 is 0 Å². The van der Waals surface area contributed by atoms with Crippen LogP contribution < -0.4 is 0 Å². The van der Waals surface area contributed by atoms with Crippen LogP contribution in [-0.4, -0.2) is 28.8 Å². The number of esters is 1. The molecule has 2 aromatic carbocycles. The van der Waals surface area contributed by atoms with Gasteiger partial charge in [0.2, 0.25) is 0 Å². The molecule has 0 radical (unpaired) electrons. The third kappa shape index (κ3) is 5.13. The number of carbonyl (C=O) groups is 2. The fraction of sp³-hybridized carbons (Fsp3) is 0.222. The summed E-state index contributed by atoms with van der Waals surface area (Å²) in [7, 11) is 0. The quantitative estimate of drug-likeness (QED) is 0.438. The highest BCUT2D eigenvalue weighted by Gasteiger charge is 2.10. The second kappa shape index (κ2) is 8.58. The van der Waals surface area contributed by atoms with Crippen molar-refractivity contribution in [1.82, 2.24) is 0 Å². The van der Waals surface area contributed by atoms with Crippen LogP contribution in [0.25, 0.3) is 0 Å². The van der Waals surface area contributed by atoms with Crippen LogP contribution in [0, 0.1) is 0 Å². The molecule has 7 heteroatoms. The Balaban J connectivity index is 2.06. The van der Waals surface area contributed by atoms with Gasteiger partial charge < -0.3 is 14.9 Å². The molecule has 0 amide bonds. The Kier molecular flexibility index (Phi) is 6.22. The molecule has 7 nitrogen and oxygen atoms in total. The van der Waals surface area contributed by atoms with Crippen molar-refractivity contribution in [3.63, 3.8) is 0 Å². The number of aromatic hydroxyl groups is 1. The number of nitrogens with zero attached hydrogens (tertiary/aromatic N) is 2. The SMILES string of the molecule is CCCCOC(=O)c1ccc(N=Nc2ccc(O)c(C(=O)O)c2)cc1. The first-order valence-corrected chi connectivity index (χ1v) is 7.76. The molecule has 130 valence electrons. The number of carbonyl (C=O) groups excluding carboxylic acids is 1. The van der Waals surface area contributed by atoms with Gasteiger partial charge in [0, 0.05) is 0 Å². The summed E-state index contributed by atoms with van der Waals surface area (Å²) in [6, 6.07) is 10.3. The molecule has 0 aliphatic carbocycles. The minimum Gasteiger partial charge on any atom is -0.507 e. The number of carboxylic acids is 1. The van der Waals surface area contributed by atoms with Gasteiger partial charge in [-0.25, -0.2) is 9.59 Å². The Hall–Kier alpha value is -3.22. The Labute approximate surface area is 144 Å². The van der Waals surface area contributed by atoms with Crippen molar-refractivity contribution >= 4 is 23.3 Å². The molecule has 2 rings (SSSR count). The normalized spacial score (nSPS) is 10.8. The summed E-state index contributed by atoms with van der Waals surface area (Å²) in [6.45, 7) is 2.41. The van der Waals surface area contributed by atoms with Gasteiger partial charge in [-0.3, -0.25) is 0 Å². The molecule has 0 aliphatic heterocycles. The highest BCUT2D eigenvalue weighted by atomic mass is 16.5. The smallest absolute Gasteiger partial charge is 0.339 e. The minimum absolute atomic E-state index is 0.248. The third-order valence-corrected chi connectivity index (χ3v) is 3.33. The first-order chi connectivity index (χ1) is 12.0. The van der Waals surface area contributed by atoms with E-state index in [1.807, 2.05) is 6.92 Å². The summed E-state index contributed by atoms with van der Waals surface area (Å²) in [4.78, 5) is 22.8. The molecule has 0 atom stereocenters. The third-order valence-electron chi connectivity index (χ3n) is 3.33. The van der Waals surface area contributed by atoms with E-state index in [1.54, 1.807) is 24.3 Å². The van der Waals surface area contributed by atoms with Crippen molar-refractivity contribution in [2.45, 2.75) is 19.8 Å². The zero-order valence-electron chi connectivity index (χ0n) is 13.7. The van der Waals surface area contributed by atoms with Crippen molar-refractivity contribution in [3.05, 3.63) is 53.6 Å². The van der Waals surface area contributed by atoms with Crippen LogP contribution in [0.5, 0.6) is 5.75 Å². The van der Waals surface area contributed by atoms with Crippen LogP contribution in [-0.2, 0) is 4.74 Å². The van der Waals surface area contributed by atoms with E-state index >= 15 is 0 Å². The second-order valence-electron chi connectivity index (χ2n) is 5.24.